The molecule has 0 radical (unpaired) electrons. The molecule has 0 saturated heterocycles. The molecule has 0 aliphatic heterocycles. The van der Waals surface area contributed by atoms with Crippen LogP contribution in [-0.4, -0.2) is 125 Å². The van der Waals surface area contributed by atoms with Gasteiger partial charge in [-0.15, -0.1) is 6.58 Å². The van der Waals surface area contributed by atoms with Crippen molar-refractivity contribution < 1.29 is 114 Å². The van der Waals surface area contributed by atoms with Crippen LogP contribution >= 0.6 is 0 Å². The van der Waals surface area contributed by atoms with Crippen LogP contribution in [0, 0.1) is 23.7 Å². The Bertz CT molecular complexity index is 2820. The fourth-order valence-corrected chi connectivity index (χ4v) is 8.61. The molecule has 0 N–H and O–H groups in total. The fraction of sp³-hybridized carbons (Fsp3) is 0.455. The average molecular weight is 1260 g/mol. The molecule has 24 nitrogen and oxygen atoms in total. The Labute approximate surface area is 522 Å². The fourth-order valence-electron chi connectivity index (χ4n) is 8.61. The summed E-state index contributed by atoms with van der Waals surface area (Å²) in [5, 5.41) is 0. The Hall–Kier alpha value is -9.48. The van der Waals surface area contributed by atoms with Crippen LogP contribution in [0.25, 0.3) is 0 Å². The second-order valence-corrected chi connectivity index (χ2v) is 20.1. The topological polar surface area (TPSA) is 316 Å². The summed E-state index contributed by atoms with van der Waals surface area (Å²) in [4.78, 5) is 143. The maximum absolute atomic E-state index is 13.5. The summed E-state index contributed by atoms with van der Waals surface area (Å²) >= 11 is 0. The van der Waals surface area contributed by atoms with E-state index >= 15 is 0 Å². The van der Waals surface area contributed by atoms with E-state index in [1.807, 2.05) is 13.8 Å². The summed E-state index contributed by atoms with van der Waals surface area (Å²) in [7, 11) is 0. The minimum atomic E-state index is -0.856. The van der Waals surface area contributed by atoms with Gasteiger partial charge in [0, 0.05) is 31.4 Å². The number of hydrogen-bond donors (Lipinski definition) is 0. The zero-order valence-corrected chi connectivity index (χ0v) is 50.9. The zero-order valence-electron chi connectivity index (χ0n) is 50.9. The first kappa shape index (κ1) is 74.8. The van der Waals surface area contributed by atoms with Gasteiger partial charge in [0.15, 0.2) is 0 Å². The minimum Gasteiger partial charge on any atom is -0.468 e. The largest absolute Gasteiger partial charge is 0.468 e. The van der Waals surface area contributed by atoms with Gasteiger partial charge in [0.2, 0.25) is 0 Å². The zero-order chi connectivity index (χ0) is 65.9. The van der Waals surface area contributed by atoms with Crippen molar-refractivity contribution in [1.29, 1.82) is 0 Å². The number of carbonyl (C=O) groups is 12. The highest BCUT2D eigenvalue weighted by Gasteiger charge is 2.35. The summed E-state index contributed by atoms with van der Waals surface area (Å²) in [5.74, 6) is -7.16. The van der Waals surface area contributed by atoms with Crippen LogP contribution in [0.2, 0.25) is 0 Å². The van der Waals surface area contributed by atoms with E-state index in [2.05, 4.69) is 29.2 Å². The molecule has 488 valence electrons. The molecular formula is C66H80O24. The van der Waals surface area contributed by atoms with Gasteiger partial charge in [-0.3, -0.25) is 43.2 Å². The maximum Gasteiger partial charge on any atom is 0.342 e. The molecule has 2 fully saturated rings. The summed E-state index contributed by atoms with van der Waals surface area (Å²) in [6.45, 7) is 14.8. The van der Waals surface area contributed by atoms with Gasteiger partial charge >= 0.3 is 59.7 Å². The Morgan fingerprint density at radius 3 is 1.26 bits per heavy atom. The van der Waals surface area contributed by atoms with Crippen LogP contribution < -0.4 is 18.9 Å². The SMILES string of the molecule is C=CC.C=CC(=O)OCCCCOC(=O)c1cc(OC(=O)C2CCC(C(=O)Oc3ccc(CCOC(=O)CCC(=O)OCCOC(=O)C=C)cc3)CC2)ccc1OC(=O)C1CCC(C(=O)Oc2ccc(CCOC=O)cc2)CC1.CCCC(=O)OCCOC=O. The van der Waals surface area contributed by atoms with E-state index in [1.165, 1.54) is 18.2 Å². The summed E-state index contributed by atoms with van der Waals surface area (Å²) < 4.78 is 61.6. The Morgan fingerprint density at radius 2 is 0.800 bits per heavy atom. The molecule has 0 amide bonds. The van der Waals surface area contributed by atoms with E-state index < -0.39 is 77.4 Å². The second-order valence-electron chi connectivity index (χ2n) is 20.1. The third-order valence-corrected chi connectivity index (χ3v) is 13.4. The highest BCUT2D eigenvalue weighted by molar-refractivity contribution is 5.94. The first-order chi connectivity index (χ1) is 43.5. The van der Waals surface area contributed by atoms with E-state index in [0.717, 1.165) is 29.7 Å². The summed E-state index contributed by atoms with van der Waals surface area (Å²) in [6, 6.07) is 17.5. The van der Waals surface area contributed by atoms with Gasteiger partial charge in [-0.25, -0.2) is 14.4 Å². The van der Waals surface area contributed by atoms with Crippen molar-refractivity contribution in [2.75, 3.05) is 52.9 Å². The van der Waals surface area contributed by atoms with Crippen molar-refractivity contribution in [3.05, 3.63) is 121 Å². The standard InChI is InChI=1S/C56H62O20.C7H12O4.C3H6/c1-3-48(58)68-29-5-6-30-72-56(66)46-35-45(23-24-47(46)76-55(65)42-17-15-40(16-18-42)53(63)73-43-19-7-37(8-20-43)27-31-67-36-57)75-54(64)41-13-11-39(12-14-41)52(62)74-44-21-9-38(10-22-44)28-32-69-50(60)25-26-51(61)71-34-33-70-49(59)4-2;1-2-3-7(9)11-5-4-10-6-8;1-3-2/h3-4,7-10,19-24,35-36,39-42H,1-2,5-6,11-18,25-34H2;6H,2-5H2,1H3;3H,1H2,2H3. The molecular weight excluding hydrogens is 1180 g/mol. The van der Waals surface area contributed by atoms with E-state index in [9.17, 15) is 57.5 Å². The van der Waals surface area contributed by atoms with Gasteiger partial charge in [-0.05, 0) is 131 Å². The van der Waals surface area contributed by atoms with Crippen LogP contribution in [0.15, 0.2) is 105 Å². The lowest BCUT2D eigenvalue weighted by Crippen LogP contribution is -2.31. The predicted octanol–water partition coefficient (Wildman–Crippen LogP) is 8.54. The number of esters is 10. The van der Waals surface area contributed by atoms with E-state index in [0.29, 0.717) is 108 Å². The first-order valence-electron chi connectivity index (χ1n) is 29.6. The molecule has 3 aromatic carbocycles. The van der Waals surface area contributed by atoms with Crippen LogP contribution in [0.3, 0.4) is 0 Å². The van der Waals surface area contributed by atoms with Crippen molar-refractivity contribution in [1.82, 2.24) is 0 Å². The van der Waals surface area contributed by atoms with Crippen molar-refractivity contribution in [3.63, 3.8) is 0 Å². The van der Waals surface area contributed by atoms with Crippen LogP contribution in [0.1, 0.15) is 125 Å². The number of carbonyl (C=O) groups excluding carboxylic acids is 12. The Kier molecular flexibility index (Phi) is 36.6. The van der Waals surface area contributed by atoms with E-state index in [-0.39, 0.29) is 88.7 Å². The molecule has 0 heterocycles. The maximum atomic E-state index is 13.5. The van der Waals surface area contributed by atoms with Gasteiger partial charge in [-0.2, -0.15) is 0 Å². The monoisotopic (exact) mass is 1260 g/mol. The van der Waals surface area contributed by atoms with Gasteiger partial charge in [0.05, 0.1) is 62.9 Å². The lowest BCUT2D eigenvalue weighted by atomic mass is 9.82. The molecule has 0 unspecified atom stereocenters. The molecule has 0 aromatic heterocycles. The molecule has 0 spiro atoms. The number of unbranched alkanes of at least 4 members (excludes halogenated alkanes) is 1. The number of hydrogen-bond acceptors (Lipinski definition) is 24. The predicted molar refractivity (Wildman–Crippen MR) is 319 cm³/mol. The summed E-state index contributed by atoms with van der Waals surface area (Å²) in [5.41, 5.74) is 1.53. The van der Waals surface area contributed by atoms with E-state index in [1.54, 1.807) is 54.6 Å². The highest BCUT2D eigenvalue weighted by Crippen LogP contribution is 2.35. The van der Waals surface area contributed by atoms with Crippen LogP contribution in [0.5, 0.6) is 23.0 Å². The molecule has 2 saturated carbocycles. The van der Waals surface area contributed by atoms with Crippen molar-refractivity contribution in [2.45, 2.75) is 117 Å². The number of benzene rings is 3. The average Bonchev–Trinajstić information content (AvgIpc) is 1.45. The molecule has 2 aliphatic carbocycles. The van der Waals surface area contributed by atoms with Gasteiger partial charge in [0.25, 0.3) is 12.9 Å². The number of ether oxygens (including phenoxy) is 12. The summed E-state index contributed by atoms with van der Waals surface area (Å²) in [6.07, 6.45) is 8.90. The third kappa shape index (κ3) is 30.4. The highest BCUT2D eigenvalue weighted by atomic mass is 16.6. The number of rotatable bonds is 35. The van der Waals surface area contributed by atoms with E-state index in [4.69, 9.17) is 47.4 Å². The van der Waals surface area contributed by atoms with Gasteiger partial charge in [-0.1, -0.05) is 50.4 Å². The lowest BCUT2D eigenvalue weighted by Gasteiger charge is -2.26. The first-order valence-corrected chi connectivity index (χ1v) is 29.6. The molecule has 90 heavy (non-hydrogen) atoms. The quantitative estimate of drug-likeness (QED) is 0.0101. The minimum absolute atomic E-state index is 0.00245. The van der Waals surface area contributed by atoms with Gasteiger partial charge < -0.3 is 56.8 Å². The molecule has 0 atom stereocenters. The molecule has 3 aromatic rings. The van der Waals surface area contributed by atoms with Crippen LogP contribution in [-0.2, 0) is 103 Å². The third-order valence-electron chi connectivity index (χ3n) is 13.4. The lowest BCUT2D eigenvalue weighted by molar-refractivity contribution is -0.152. The Balaban J connectivity index is 0.00000135. The second kappa shape index (κ2) is 44.0. The molecule has 2 aliphatic rings. The smallest absolute Gasteiger partial charge is 0.342 e. The Morgan fingerprint density at radius 1 is 0.433 bits per heavy atom. The molecule has 5 rings (SSSR count). The van der Waals surface area contributed by atoms with Crippen molar-refractivity contribution >= 4 is 72.6 Å². The number of allylic oxidation sites excluding steroid dienone is 1. The molecule has 24 heteroatoms. The van der Waals surface area contributed by atoms with Crippen LogP contribution in [0.4, 0.5) is 0 Å². The van der Waals surface area contributed by atoms with Crippen molar-refractivity contribution in [3.8, 4) is 23.0 Å². The molecule has 0 bridgehead atoms. The van der Waals surface area contributed by atoms with Gasteiger partial charge in [0.1, 0.15) is 55.0 Å². The van der Waals surface area contributed by atoms with Crippen molar-refractivity contribution in [2.24, 2.45) is 23.7 Å². The normalized spacial score (nSPS) is 15.4.